The molecule has 1 aromatic heterocycles. The van der Waals surface area contributed by atoms with Gasteiger partial charge in [0.1, 0.15) is 12.4 Å². The minimum absolute atomic E-state index is 0. The summed E-state index contributed by atoms with van der Waals surface area (Å²) in [6, 6.07) is 0. The number of fused-ring (bicyclic) bond motifs is 1. The lowest BCUT2D eigenvalue weighted by molar-refractivity contribution is 0.299. The minimum atomic E-state index is 0. The number of nitrogens with zero attached hydrogens (tertiary/aromatic N) is 4. The van der Waals surface area contributed by atoms with Gasteiger partial charge in [0.15, 0.2) is 5.96 Å². The number of likely N-dealkylation sites (tertiary alicyclic amines) is 1. The van der Waals surface area contributed by atoms with E-state index >= 15 is 0 Å². The first kappa shape index (κ1) is 20.5. The molecule has 1 aromatic rings. The Bertz CT molecular complexity index is 540. The van der Waals surface area contributed by atoms with Crippen LogP contribution in [0.25, 0.3) is 0 Å². The molecule has 2 atom stereocenters. The Labute approximate surface area is 169 Å². The maximum atomic E-state index is 4.91. The molecule has 0 spiro atoms. The first-order chi connectivity index (χ1) is 11.7. The fourth-order valence-electron chi connectivity index (χ4n) is 4.20. The highest BCUT2D eigenvalue weighted by Gasteiger charge is 2.35. The smallest absolute Gasteiger partial charge is 0.194 e. The predicted octanol–water partition coefficient (Wildman–Crippen LogP) is 3.74. The standard InChI is InChI=1S/C19H33N5.HI/c1-4-20-19(24-13-16-7-5-6-8-17(16)14-24)22-11-18-21-9-10-23(18)12-15(2)3;/h9-10,15-17H,4-8,11-14H2,1-3H3,(H,20,22);1H. The molecule has 1 saturated heterocycles. The number of imidazole rings is 1. The molecular formula is C19H34IN5. The number of aromatic nitrogens is 2. The molecule has 1 saturated carbocycles. The fraction of sp³-hybridized carbons (Fsp3) is 0.789. The van der Waals surface area contributed by atoms with E-state index in [2.05, 4.69) is 46.7 Å². The molecule has 0 bridgehead atoms. The maximum Gasteiger partial charge on any atom is 0.194 e. The van der Waals surface area contributed by atoms with Crippen LogP contribution in [-0.2, 0) is 13.1 Å². The van der Waals surface area contributed by atoms with Crippen molar-refractivity contribution < 1.29 is 0 Å². The summed E-state index contributed by atoms with van der Waals surface area (Å²) >= 11 is 0. The number of rotatable bonds is 5. The van der Waals surface area contributed by atoms with E-state index in [9.17, 15) is 0 Å². The van der Waals surface area contributed by atoms with Gasteiger partial charge in [-0.2, -0.15) is 0 Å². The lowest BCUT2D eigenvalue weighted by Crippen LogP contribution is -2.40. The van der Waals surface area contributed by atoms with Crippen molar-refractivity contribution in [2.45, 2.75) is 59.5 Å². The summed E-state index contributed by atoms with van der Waals surface area (Å²) in [6.45, 7) is 11.6. The van der Waals surface area contributed by atoms with Gasteiger partial charge in [-0.3, -0.25) is 0 Å². The quantitative estimate of drug-likeness (QED) is 0.415. The van der Waals surface area contributed by atoms with Crippen LogP contribution in [0.5, 0.6) is 0 Å². The molecule has 6 heteroatoms. The third kappa shape index (κ3) is 5.34. The van der Waals surface area contributed by atoms with Gasteiger partial charge in [0.05, 0.1) is 0 Å². The second-order valence-corrected chi connectivity index (χ2v) is 7.77. The van der Waals surface area contributed by atoms with E-state index in [-0.39, 0.29) is 24.0 Å². The largest absolute Gasteiger partial charge is 0.357 e. The highest BCUT2D eigenvalue weighted by Crippen LogP contribution is 2.35. The van der Waals surface area contributed by atoms with Gasteiger partial charge in [0.2, 0.25) is 0 Å². The predicted molar refractivity (Wildman–Crippen MR) is 114 cm³/mol. The van der Waals surface area contributed by atoms with Gasteiger partial charge >= 0.3 is 0 Å². The Morgan fingerprint density at radius 2 is 1.96 bits per heavy atom. The molecule has 2 aliphatic rings. The number of hydrogen-bond acceptors (Lipinski definition) is 2. The molecule has 2 unspecified atom stereocenters. The summed E-state index contributed by atoms with van der Waals surface area (Å²) in [7, 11) is 0. The second-order valence-electron chi connectivity index (χ2n) is 7.77. The summed E-state index contributed by atoms with van der Waals surface area (Å²) < 4.78 is 2.24. The molecule has 1 aliphatic heterocycles. The van der Waals surface area contributed by atoms with E-state index in [0.717, 1.165) is 36.7 Å². The van der Waals surface area contributed by atoms with Crippen LogP contribution in [0, 0.1) is 17.8 Å². The second kappa shape index (κ2) is 9.78. The van der Waals surface area contributed by atoms with E-state index in [1.165, 1.54) is 38.8 Å². The lowest BCUT2D eigenvalue weighted by Gasteiger charge is -2.22. The Morgan fingerprint density at radius 1 is 1.28 bits per heavy atom. The monoisotopic (exact) mass is 459 g/mol. The van der Waals surface area contributed by atoms with Crippen molar-refractivity contribution in [1.29, 1.82) is 0 Å². The molecule has 5 nitrogen and oxygen atoms in total. The maximum absolute atomic E-state index is 4.91. The number of aliphatic imine (C=N–C) groups is 1. The first-order valence-electron chi connectivity index (χ1n) is 9.70. The van der Waals surface area contributed by atoms with Crippen molar-refractivity contribution in [3.63, 3.8) is 0 Å². The third-order valence-corrected chi connectivity index (χ3v) is 5.34. The number of hydrogen-bond donors (Lipinski definition) is 1. The van der Waals surface area contributed by atoms with Crippen LogP contribution in [-0.4, -0.2) is 40.0 Å². The van der Waals surface area contributed by atoms with Gasteiger partial charge in [-0.1, -0.05) is 26.7 Å². The molecule has 0 radical (unpaired) electrons. The molecule has 25 heavy (non-hydrogen) atoms. The van der Waals surface area contributed by atoms with Crippen LogP contribution in [0.4, 0.5) is 0 Å². The van der Waals surface area contributed by atoms with E-state index in [4.69, 9.17) is 4.99 Å². The molecule has 2 heterocycles. The Balaban J connectivity index is 0.00000225. The normalized spacial score (nSPS) is 23.5. The van der Waals surface area contributed by atoms with Crippen LogP contribution < -0.4 is 5.32 Å². The Morgan fingerprint density at radius 3 is 2.56 bits per heavy atom. The van der Waals surface area contributed by atoms with Crippen molar-refractivity contribution in [2.24, 2.45) is 22.7 Å². The molecule has 0 aromatic carbocycles. The van der Waals surface area contributed by atoms with E-state index < -0.39 is 0 Å². The fourth-order valence-corrected chi connectivity index (χ4v) is 4.20. The van der Waals surface area contributed by atoms with E-state index in [1.54, 1.807) is 0 Å². The molecule has 1 N–H and O–H groups in total. The molecule has 2 fully saturated rings. The summed E-state index contributed by atoms with van der Waals surface area (Å²) in [4.78, 5) is 11.9. The van der Waals surface area contributed by atoms with Crippen LogP contribution in [0.15, 0.2) is 17.4 Å². The van der Waals surface area contributed by atoms with Crippen LogP contribution in [0.1, 0.15) is 52.3 Å². The third-order valence-electron chi connectivity index (χ3n) is 5.34. The zero-order valence-electron chi connectivity index (χ0n) is 15.9. The van der Waals surface area contributed by atoms with Crippen LogP contribution in [0.3, 0.4) is 0 Å². The molecule has 1 aliphatic carbocycles. The highest BCUT2D eigenvalue weighted by molar-refractivity contribution is 14.0. The number of guanidine groups is 1. The highest BCUT2D eigenvalue weighted by atomic mass is 127. The van der Waals surface area contributed by atoms with Crippen LogP contribution >= 0.6 is 24.0 Å². The lowest BCUT2D eigenvalue weighted by atomic mass is 9.82. The van der Waals surface area contributed by atoms with Gasteiger partial charge in [0.25, 0.3) is 0 Å². The SMILES string of the molecule is CCNC(=NCc1nccn1CC(C)C)N1CC2CCCCC2C1.I. The van der Waals surface area contributed by atoms with Gasteiger partial charge in [-0.15, -0.1) is 24.0 Å². The molecular weight excluding hydrogens is 425 g/mol. The Kier molecular flexibility index (Phi) is 8.03. The van der Waals surface area contributed by atoms with Crippen molar-refractivity contribution in [3.05, 3.63) is 18.2 Å². The number of halogens is 1. The van der Waals surface area contributed by atoms with E-state index in [1.807, 2.05) is 6.20 Å². The number of nitrogens with one attached hydrogen (secondary N) is 1. The van der Waals surface area contributed by atoms with Gasteiger partial charge in [-0.25, -0.2) is 9.98 Å². The average molecular weight is 459 g/mol. The molecule has 142 valence electrons. The van der Waals surface area contributed by atoms with Gasteiger partial charge < -0.3 is 14.8 Å². The summed E-state index contributed by atoms with van der Waals surface area (Å²) in [6.07, 6.45) is 9.59. The summed E-state index contributed by atoms with van der Waals surface area (Å²) in [5.41, 5.74) is 0. The average Bonchev–Trinajstić information content (AvgIpc) is 3.17. The Hall–Kier alpha value is -0.790. The zero-order chi connectivity index (χ0) is 16.9. The van der Waals surface area contributed by atoms with Gasteiger partial charge in [-0.05, 0) is 37.5 Å². The zero-order valence-corrected chi connectivity index (χ0v) is 18.3. The van der Waals surface area contributed by atoms with Crippen molar-refractivity contribution in [3.8, 4) is 0 Å². The van der Waals surface area contributed by atoms with E-state index in [0.29, 0.717) is 12.5 Å². The summed E-state index contributed by atoms with van der Waals surface area (Å²) in [5.74, 6) is 4.52. The van der Waals surface area contributed by atoms with Gasteiger partial charge in [0, 0.05) is 38.6 Å². The van der Waals surface area contributed by atoms with Crippen molar-refractivity contribution in [1.82, 2.24) is 19.8 Å². The van der Waals surface area contributed by atoms with Crippen molar-refractivity contribution >= 4 is 29.9 Å². The van der Waals surface area contributed by atoms with Crippen molar-refractivity contribution in [2.75, 3.05) is 19.6 Å². The molecule has 0 amide bonds. The minimum Gasteiger partial charge on any atom is -0.357 e. The topological polar surface area (TPSA) is 45.5 Å². The van der Waals surface area contributed by atoms with Crippen LogP contribution in [0.2, 0.25) is 0 Å². The molecule has 3 rings (SSSR count). The summed E-state index contributed by atoms with van der Waals surface area (Å²) in [5, 5.41) is 3.50. The first-order valence-corrected chi connectivity index (χ1v) is 9.70.